The van der Waals surface area contributed by atoms with Gasteiger partial charge in [-0.2, -0.15) is 15.7 Å². The number of nitrogens with one attached hydrogen (secondary N) is 3. The van der Waals surface area contributed by atoms with Crippen LogP contribution in [0.5, 0.6) is 0 Å². The molecule has 0 saturated carbocycles. The molecule has 3 heterocycles. The minimum atomic E-state index is 0.167. The maximum absolute atomic E-state index is 8.84. The molecule has 0 aromatic carbocycles. The Morgan fingerprint density at radius 2 is 2.23 bits per heavy atom. The van der Waals surface area contributed by atoms with Gasteiger partial charge in [0.15, 0.2) is 5.82 Å². The van der Waals surface area contributed by atoms with Gasteiger partial charge in [0, 0.05) is 44.1 Å². The molecule has 0 spiro atoms. The van der Waals surface area contributed by atoms with Gasteiger partial charge in [0.05, 0.1) is 25.1 Å². The minimum absolute atomic E-state index is 0.167. The molecule has 0 amide bonds. The fourth-order valence-electron chi connectivity index (χ4n) is 2.20. The molecule has 4 N–H and O–H groups in total. The first-order valence-corrected chi connectivity index (χ1v) is 7.38. The largest absolute Gasteiger partial charge is 0.396 e. The van der Waals surface area contributed by atoms with E-state index in [0.717, 1.165) is 37.6 Å². The van der Waals surface area contributed by atoms with Gasteiger partial charge in [-0.1, -0.05) is 0 Å². The van der Waals surface area contributed by atoms with Crippen molar-refractivity contribution in [3.63, 3.8) is 0 Å². The van der Waals surface area contributed by atoms with Gasteiger partial charge in [-0.3, -0.25) is 15.2 Å². The zero-order valence-corrected chi connectivity index (χ0v) is 12.3. The van der Waals surface area contributed by atoms with E-state index in [9.17, 15) is 0 Å². The number of morpholine rings is 1. The molecular formula is C13H21N7O2. The van der Waals surface area contributed by atoms with Gasteiger partial charge >= 0.3 is 0 Å². The molecule has 1 aliphatic heterocycles. The van der Waals surface area contributed by atoms with Gasteiger partial charge in [0.1, 0.15) is 0 Å². The third-order valence-corrected chi connectivity index (χ3v) is 3.42. The number of ether oxygens (including phenoxy) is 1. The van der Waals surface area contributed by atoms with Crippen LogP contribution >= 0.6 is 0 Å². The van der Waals surface area contributed by atoms with Crippen molar-refractivity contribution in [2.75, 3.05) is 38.3 Å². The number of aryl methyl sites for hydroxylation is 1. The Hall–Kier alpha value is -1.94. The van der Waals surface area contributed by atoms with Gasteiger partial charge in [-0.05, 0) is 6.42 Å². The fourth-order valence-corrected chi connectivity index (χ4v) is 2.20. The standard InChI is InChI=1S/C13H21N7O2/c21-5-1-2-20-10-11(9-14-20)12-8-13(16-15-12)17-18-19-3-6-22-7-4-19/h8-10,18,21H,1-7H2,(H2,15,16,17). The normalized spacial score (nSPS) is 16.0. The number of anilines is 1. The number of aromatic nitrogens is 4. The Balaban J connectivity index is 1.54. The Labute approximate surface area is 128 Å². The van der Waals surface area contributed by atoms with Crippen molar-refractivity contribution in [2.45, 2.75) is 13.0 Å². The molecule has 120 valence electrons. The van der Waals surface area contributed by atoms with Gasteiger partial charge in [-0.25, -0.2) is 5.01 Å². The molecular weight excluding hydrogens is 286 g/mol. The van der Waals surface area contributed by atoms with Crippen LogP contribution in [0.25, 0.3) is 11.3 Å². The van der Waals surface area contributed by atoms with Crippen LogP contribution in [0.2, 0.25) is 0 Å². The molecule has 0 unspecified atom stereocenters. The first-order chi connectivity index (χ1) is 10.8. The third-order valence-electron chi connectivity index (χ3n) is 3.42. The quantitative estimate of drug-likeness (QED) is 0.526. The highest BCUT2D eigenvalue weighted by atomic mass is 16.5. The summed E-state index contributed by atoms with van der Waals surface area (Å²) in [6.07, 6.45) is 4.41. The van der Waals surface area contributed by atoms with E-state index in [1.165, 1.54) is 0 Å². The second-order valence-corrected chi connectivity index (χ2v) is 5.07. The lowest BCUT2D eigenvalue weighted by atomic mass is 10.2. The summed E-state index contributed by atoms with van der Waals surface area (Å²) in [4.78, 5) is 0. The number of aromatic amines is 1. The van der Waals surface area contributed by atoms with Gasteiger partial charge in [-0.15, -0.1) is 0 Å². The molecule has 0 radical (unpaired) electrons. The van der Waals surface area contributed by atoms with Crippen molar-refractivity contribution < 1.29 is 9.84 Å². The van der Waals surface area contributed by atoms with Gasteiger partial charge < -0.3 is 9.84 Å². The van der Waals surface area contributed by atoms with Crippen molar-refractivity contribution in [2.24, 2.45) is 0 Å². The van der Waals surface area contributed by atoms with E-state index >= 15 is 0 Å². The topological polar surface area (TPSA) is 103 Å². The Morgan fingerprint density at radius 1 is 1.36 bits per heavy atom. The van der Waals surface area contributed by atoms with Crippen LogP contribution in [0.3, 0.4) is 0 Å². The molecule has 1 saturated heterocycles. The van der Waals surface area contributed by atoms with Crippen LogP contribution in [0.15, 0.2) is 18.5 Å². The number of nitrogens with zero attached hydrogens (tertiary/aromatic N) is 4. The molecule has 2 aromatic heterocycles. The summed E-state index contributed by atoms with van der Waals surface area (Å²) in [7, 11) is 0. The molecule has 2 aromatic rings. The lowest BCUT2D eigenvalue weighted by molar-refractivity contribution is 0.0168. The molecule has 9 heteroatoms. The van der Waals surface area contributed by atoms with Gasteiger partial charge in [0.25, 0.3) is 0 Å². The summed E-state index contributed by atoms with van der Waals surface area (Å²) in [5.41, 5.74) is 8.02. The second kappa shape index (κ2) is 7.36. The number of hydrazine groups is 2. The Kier molecular flexibility index (Phi) is 5.01. The summed E-state index contributed by atoms with van der Waals surface area (Å²) in [5, 5.41) is 22.3. The summed E-state index contributed by atoms with van der Waals surface area (Å²) < 4.78 is 7.10. The highest BCUT2D eigenvalue weighted by Crippen LogP contribution is 2.18. The predicted molar refractivity (Wildman–Crippen MR) is 80.7 cm³/mol. The SMILES string of the molecule is OCCCn1cc(-c2cc(NNN3CCOCC3)n[nH]2)cn1. The number of rotatable bonds is 7. The smallest absolute Gasteiger partial charge is 0.163 e. The van der Waals surface area contributed by atoms with Gasteiger partial charge in [0.2, 0.25) is 0 Å². The van der Waals surface area contributed by atoms with Crippen molar-refractivity contribution in [1.29, 1.82) is 0 Å². The lowest BCUT2D eigenvalue weighted by Gasteiger charge is -2.26. The van der Waals surface area contributed by atoms with E-state index in [2.05, 4.69) is 26.3 Å². The third kappa shape index (κ3) is 3.83. The van der Waals surface area contributed by atoms with Crippen LogP contribution in [-0.2, 0) is 11.3 Å². The van der Waals surface area contributed by atoms with Crippen molar-refractivity contribution >= 4 is 5.82 Å². The summed E-state index contributed by atoms with van der Waals surface area (Å²) in [6, 6.07) is 1.92. The molecule has 0 atom stereocenters. The van der Waals surface area contributed by atoms with E-state index in [1.807, 2.05) is 22.0 Å². The second-order valence-electron chi connectivity index (χ2n) is 5.07. The van der Waals surface area contributed by atoms with E-state index in [1.54, 1.807) is 6.20 Å². The van der Waals surface area contributed by atoms with Crippen molar-refractivity contribution in [3.8, 4) is 11.3 Å². The van der Waals surface area contributed by atoms with Crippen molar-refractivity contribution in [1.82, 2.24) is 30.5 Å². The highest BCUT2D eigenvalue weighted by Gasteiger charge is 2.10. The van der Waals surface area contributed by atoms with E-state index < -0.39 is 0 Å². The summed E-state index contributed by atoms with van der Waals surface area (Å²) in [6.45, 7) is 4.00. The number of H-pyrrole nitrogens is 1. The molecule has 0 aliphatic carbocycles. The molecule has 22 heavy (non-hydrogen) atoms. The summed E-state index contributed by atoms with van der Waals surface area (Å²) in [5.74, 6) is 0.713. The zero-order chi connectivity index (χ0) is 15.2. The summed E-state index contributed by atoms with van der Waals surface area (Å²) >= 11 is 0. The lowest BCUT2D eigenvalue weighted by Crippen LogP contribution is -2.48. The van der Waals surface area contributed by atoms with E-state index in [0.29, 0.717) is 18.8 Å². The average molecular weight is 307 g/mol. The van der Waals surface area contributed by atoms with Crippen LogP contribution in [0.4, 0.5) is 5.82 Å². The number of aliphatic hydroxyl groups excluding tert-OH is 1. The van der Waals surface area contributed by atoms with Crippen LogP contribution in [-0.4, -0.2) is 63.0 Å². The zero-order valence-electron chi connectivity index (χ0n) is 12.3. The first-order valence-electron chi connectivity index (χ1n) is 7.38. The number of aliphatic hydroxyl groups is 1. The Morgan fingerprint density at radius 3 is 3.05 bits per heavy atom. The minimum Gasteiger partial charge on any atom is -0.396 e. The first kappa shape index (κ1) is 15.0. The average Bonchev–Trinajstić information content (AvgIpc) is 3.21. The number of hydrogen-bond acceptors (Lipinski definition) is 7. The monoisotopic (exact) mass is 307 g/mol. The highest BCUT2D eigenvalue weighted by molar-refractivity contribution is 5.60. The maximum Gasteiger partial charge on any atom is 0.163 e. The molecule has 0 bridgehead atoms. The Bertz CT molecular complexity index is 576. The fraction of sp³-hybridized carbons (Fsp3) is 0.538. The molecule has 1 aliphatic rings. The van der Waals surface area contributed by atoms with Crippen molar-refractivity contribution in [3.05, 3.63) is 18.5 Å². The van der Waals surface area contributed by atoms with E-state index in [4.69, 9.17) is 9.84 Å². The maximum atomic E-state index is 8.84. The van der Waals surface area contributed by atoms with E-state index in [-0.39, 0.29) is 6.61 Å². The number of hydrogen-bond donors (Lipinski definition) is 4. The van der Waals surface area contributed by atoms with Crippen LogP contribution in [0, 0.1) is 0 Å². The van der Waals surface area contributed by atoms with Crippen LogP contribution in [0.1, 0.15) is 6.42 Å². The predicted octanol–water partition coefficient (Wildman–Crippen LogP) is -0.181. The van der Waals surface area contributed by atoms with Crippen LogP contribution < -0.4 is 11.0 Å². The molecule has 1 fully saturated rings. The molecule has 3 rings (SSSR count). The molecule has 9 nitrogen and oxygen atoms in total.